The van der Waals surface area contributed by atoms with Gasteiger partial charge >= 0.3 is 0 Å². The largest absolute Gasteiger partial charge is 0.347 e. The molecule has 7 heteroatoms. The van der Waals surface area contributed by atoms with Gasteiger partial charge in [-0.25, -0.2) is 4.98 Å². The van der Waals surface area contributed by atoms with Crippen LogP contribution in [0.25, 0.3) is 4.96 Å². The second-order valence-corrected chi connectivity index (χ2v) is 5.04. The van der Waals surface area contributed by atoms with E-state index < -0.39 is 0 Å². The van der Waals surface area contributed by atoms with Gasteiger partial charge in [0.15, 0.2) is 4.96 Å². The number of carbonyl (C=O) groups is 2. The van der Waals surface area contributed by atoms with Crippen molar-refractivity contribution in [1.29, 1.82) is 0 Å². The Morgan fingerprint density at radius 1 is 1.44 bits per heavy atom. The number of nitrogens with one attached hydrogen (secondary N) is 1. The fourth-order valence-electron chi connectivity index (χ4n) is 1.95. The van der Waals surface area contributed by atoms with Crippen molar-refractivity contribution in [2.24, 2.45) is 0 Å². The monoisotopic (exact) mass is 264 g/mol. The fraction of sp³-hybridized carbons (Fsp3) is 0.364. The number of thiazole rings is 1. The van der Waals surface area contributed by atoms with Gasteiger partial charge in [0.25, 0.3) is 0 Å². The smallest absolute Gasteiger partial charge is 0.242 e. The SMILES string of the molecule is O=C1CCN(Cc2cn3ccsc3n2)C(=O)CN1. The molecular weight excluding hydrogens is 252 g/mol. The quantitative estimate of drug-likeness (QED) is 0.845. The normalized spacial score (nSPS) is 17.0. The molecule has 0 spiro atoms. The standard InChI is InChI=1S/C11H12N4O2S/c16-9-1-2-14(10(17)5-12-9)6-8-7-15-3-4-18-11(15)13-8/h3-4,7H,1-2,5-6H2,(H,12,16). The third-order valence-electron chi connectivity index (χ3n) is 2.89. The molecule has 1 saturated heterocycles. The van der Waals surface area contributed by atoms with Crippen LogP contribution in [0.3, 0.4) is 0 Å². The van der Waals surface area contributed by atoms with Crippen LogP contribution in [-0.2, 0) is 16.1 Å². The summed E-state index contributed by atoms with van der Waals surface area (Å²) in [5, 5.41) is 4.54. The van der Waals surface area contributed by atoms with Crippen molar-refractivity contribution in [3.8, 4) is 0 Å². The summed E-state index contributed by atoms with van der Waals surface area (Å²) in [6.45, 7) is 0.999. The molecule has 1 aliphatic rings. The molecule has 6 nitrogen and oxygen atoms in total. The highest BCUT2D eigenvalue weighted by Crippen LogP contribution is 2.13. The van der Waals surface area contributed by atoms with Gasteiger partial charge in [0.2, 0.25) is 11.8 Å². The highest BCUT2D eigenvalue weighted by Gasteiger charge is 2.20. The topological polar surface area (TPSA) is 66.7 Å². The zero-order chi connectivity index (χ0) is 12.5. The molecule has 18 heavy (non-hydrogen) atoms. The Bertz CT molecular complexity index is 574. The van der Waals surface area contributed by atoms with Crippen molar-refractivity contribution in [2.75, 3.05) is 13.1 Å². The van der Waals surface area contributed by atoms with Crippen LogP contribution in [-0.4, -0.2) is 39.2 Å². The molecule has 94 valence electrons. The third-order valence-corrected chi connectivity index (χ3v) is 3.67. The first-order chi connectivity index (χ1) is 8.72. The van der Waals surface area contributed by atoms with Gasteiger partial charge < -0.3 is 10.2 Å². The average molecular weight is 264 g/mol. The maximum Gasteiger partial charge on any atom is 0.242 e. The lowest BCUT2D eigenvalue weighted by Gasteiger charge is -2.17. The number of imidazole rings is 1. The Labute approximate surface area is 107 Å². The number of hydrogen-bond acceptors (Lipinski definition) is 4. The fourth-order valence-corrected chi connectivity index (χ4v) is 2.67. The van der Waals surface area contributed by atoms with Crippen LogP contribution >= 0.6 is 11.3 Å². The molecule has 0 aliphatic carbocycles. The van der Waals surface area contributed by atoms with Crippen molar-refractivity contribution in [1.82, 2.24) is 19.6 Å². The number of nitrogens with zero attached hydrogens (tertiary/aromatic N) is 3. The zero-order valence-corrected chi connectivity index (χ0v) is 10.4. The molecule has 0 bridgehead atoms. The molecule has 0 aromatic carbocycles. The second-order valence-electron chi connectivity index (χ2n) is 4.17. The summed E-state index contributed by atoms with van der Waals surface area (Å²) in [4.78, 5) is 30.0. The summed E-state index contributed by atoms with van der Waals surface area (Å²) in [6, 6.07) is 0. The van der Waals surface area contributed by atoms with Crippen LogP contribution in [0.2, 0.25) is 0 Å². The van der Waals surface area contributed by atoms with Gasteiger partial charge in [0.05, 0.1) is 18.8 Å². The zero-order valence-electron chi connectivity index (χ0n) is 9.63. The first-order valence-corrected chi connectivity index (χ1v) is 6.56. The van der Waals surface area contributed by atoms with Gasteiger partial charge in [-0.2, -0.15) is 0 Å². The summed E-state index contributed by atoms with van der Waals surface area (Å²) < 4.78 is 1.94. The molecule has 0 saturated carbocycles. The van der Waals surface area contributed by atoms with Crippen LogP contribution in [0, 0.1) is 0 Å². The molecule has 0 unspecified atom stereocenters. The van der Waals surface area contributed by atoms with E-state index in [9.17, 15) is 9.59 Å². The molecule has 1 fully saturated rings. The summed E-state index contributed by atoms with van der Waals surface area (Å²) in [5.74, 6) is -0.131. The maximum absolute atomic E-state index is 11.8. The maximum atomic E-state index is 11.8. The van der Waals surface area contributed by atoms with E-state index >= 15 is 0 Å². The molecule has 0 radical (unpaired) electrons. The van der Waals surface area contributed by atoms with Gasteiger partial charge in [-0.05, 0) is 0 Å². The highest BCUT2D eigenvalue weighted by atomic mass is 32.1. The predicted octanol–water partition coefficient (Wildman–Crippen LogP) is 0.244. The first-order valence-electron chi connectivity index (χ1n) is 5.68. The van der Waals surface area contributed by atoms with E-state index in [1.165, 1.54) is 0 Å². The van der Waals surface area contributed by atoms with Crippen LogP contribution < -0.4 is 5.32 Å². The van der Waals surface area contributed by atoms with Crippen molar-refractivity contribution >= 4 is 28.1 Å². The van der Waals surface area contributed by atoms with Crippen LogP contribution in [0.4, 0.5) is 0 Å². The van der Waals surface area contributed by atoms with Crippen molar-refractivity contribution in [3.63, 3.8) is 0 Å². The molecule has 2 aromatic heterocycles. The van der Waals surface area contributed by atoms with Gasteiger partial charge in [0.1, 0.15) is 0 Å². The average Bonchev–Trinajstić information content (AvgIpc) is 2.87. The van der Waals surface area contributed by atoms with Gasteiger partial charge in [-0.3, -0.25) is 14.0 Å². The number of carbonyl (C=O) groups excluding carboxylic acids is 2. The number of amides is 2. The van der Waals surface area contributed by atoms with Gasteiger partial charge in [-0.1, -0.05) is 0 Å². The van der Waals surface area contributed by atoms with Gasteiger partial charge in [-0.15, -0.1) is 11.3 Å². The third kappa shape index (κ3) is 2.08. The number of hydrogen-bond donors (Lipinski definition) is 1. The van der Waals surface area contributed by atoms with Crippen molar-refractivity contribution < 1.29 is 9.59 Å². The molecule has 2 aromatic rings. The van der Waals surface area contributed by atoms with Gasteiger partial charge in [0, 0.05) is 30.7 Å². The van der Waals surface area contributed by atoms with Crippen LogP contribution in [0.15, 0.2) is 17.8 Å². The Morgan fingerprint density at radius 2 is 2.33 bits per heavy atom. The molecule has 2 amide bonds. The Hall–Kier alpha value is -1.89. The summed E-state index contributed by atoms with van der Waals surface area (Å²) in [7, 11) is 0. The number of fused-ring (bicyclic) bond motifs is 1. The lowest BCUT2D eigenvalue weighted by atomic mass is 10.3. The Morgan fingerprint density at radius 3 is 3.17 bits per heavy atom. The lowest BCUT2D eigenvalue weighted by Crippen LogP contribution is -2.34. The Kier molecular flexibility index (Phi) is 2.75. The lowest BCUT2D eigenvalue weighted by molar-refractivity contribution is -0.130. The molecular formula is C11H12N4O2S. The highest BCUT2D eigenvalue weighted by molar-refractivity contribution is 7.15. The molecule has 0 atom stereocenters. The van der Waals surface area contributed by atoms with Crippen molar-refractivity contribution in [3.05, 3.63) is 23.5 Å². The Balaban J connectivity index is 1.76. The van der Waals surface area contributed by atoms with E-state index in [4.69, 9.17) is 0 Å². The van der Waals surface area contributed by atoms with Crippen LogP contribution in [0.1, 0.15) is 12.1 Å². The van der Waals surface area contributed by atoms with E-state index in [1.807, 2.05) is 22.2 Å². The summed E-state index contributed by atoms with van der Waals surface area (Å²) in [6.07, 6.45) is 4.21. The molecule has 1 N–H and O–H groups in total. The van der Waals surface area contributed by atoms with E-state index in [2.05, 4.69) is 10.3 Å². The van der Waals surface area contributed by atoms with E-state index in [0.29, 0.717) is 19.5 Å². The number of rotatable bonds is 2. The summed E-state index contributed by atoms with van der Waals surface area (Å²) in [5.41, 5.74) is 0.851. The van der Waals surface area contributed by atoms with Crippen LogP contribution in [0.5, 0.6) is 0 Å². The predicted molar refractivity (Wildman–Crippen MR) is 66.1 cm³/mol. The number of aromatic nitrogens is 2. The second kappa shape index (κ2) is 4.41. The van der Waals surface area contributed by atoms with E-state index in [0.717, 1.165) is 10.7 Å². The van der Waals surface area contributed by atoms with E-state index in [-0.39, 0.29) is 18.4 Å². The minimum atomic E-state index is -0.0725. The minimum Gasteiger partial charge on any atom is -0.347 e. The molecule has 3 rings (SSSR count). The van der Waals surface area contributed by atoms with E-state index in [1.54, 1.807) is 16.2 Å². The first kappa shape index (κ1) is 11.2. The molecule has 3 heterocycles. The summed E-state index contributed by atoms with van der Waals surface area (Å²) >= 11 is 1.56. The molecule has 1 aliphatic heterocycles. The minimum absolute atomic E-state index is 0.0581. The van der Waals surface area contributed by atoms with Crippen molar-refractivity contribution in [2.45, 2.75) is 13.0 Å².